The third-order valence-corrected chi connectivity index (χ3v) is 11.3. The zero-order valence-corrected chi connectivity index (χ0v) is 29.1. The normalized spacial score (nSPS) is 13.2. The van der Waals surface area contributed by atoms with Gasteiger partial charge in [0.1, 0.15) is 16.7 Å². The van der Waals surface area contributed by atoms with Gasteiger partial charge < -0.3 is 13.7 Å². The lowest BCUT2D eigenvalue weighted by Gasteiger charge is -2.35. The lowest BCUT2D eigenvalue weighted by atomic mass is 9.72. The summed E-state index contributed by atoms with van der Waals surface area (Å²) in [6.07, 6.45) is 0. The third-order valence-electron chi connectivity index (χ3n) is 11.3. The number of fused-ring (bicyclic) bond motifs is 9. The Morgan fingerprint density at radius 3 is 1.60 bits per heavy atom. The van der Waals surface area contributed by atoms with Gasteiger partial charge in [-0.15, -0.1) is 0 Å². The summed E-state index contributed by atoms with van der Waals surface area (Å²) in [5.41, 5.74) is 14.4. The molecule has 1 aliphatic rings. The van der Waals surface area contributed by atoms with Crippen LogP contribution in [-0.2, 0) is 5.41 Å². The van der Waals surface area contributed by atoms with Crippen molar-refractivity contribution in [1.29, 1.82) is 0 Å². The van der Waals surface area contributed by atoms with Crippen LogP contribution in [0.1, 0.15) is 23.6 Å². The first-order valence-corrected chi connectivity index (χ1v) is 18.2. The van der Waals surface area contributed by atoms with E-state index in [4.69, 9.17) is 8.83 Å². The molecule has 0 aliphatic heterocycles. The minimum Gasteiger partial charge on any atom is -0.456 e. The Morgan fingerprint density at radius 1 is 0.396 bits per heavy atom. The summed E-state index contributed by atoms with van der Waals surface area (Å²) in [6, 6.07) is 64.9. The van der Waals surface area contributed by atoms with Crippen molar-refractivity contribution in [2.75, 3.05) is 4.90 Å². The highest BCUT2D eigenvalue weighted by Gasteiger charge is 2.45. The van der Waals surface area contributed by atoms with E-state index in [1.807, 2.05) is 6.07 Å². The van der Waals surface area contributed by atoms with Crippen LogP contribution in [0.5, 0.6) is 0 Å². The van der Waals surface area contributed by atoms with Crippen molar-refractivity contribution in [1.82, 2.24) is 0 Å². The van der Waals surface area contributed by atoms with E-state index in [2.05, 4.69) is 188 Å². The molecule has 11 rings (SSSR count). The number of hydrogen-bond acceptors (Lipinski definition) is 3. The van der Waals surface area contributed by atoms with Crippen LogP contribution >= 0.6 is 0 Å². The molecule has 0 N–H and O–H groups in total. The minimum atomic E-state index is -0.556. The topological polar surface area (TPSA) is 29.5 Å². The van der Waals surface area contributed by atoms with Crippen molar-refractivity contribution in [3.05, 3.63) is 199 Å². The molecule has 53 heavy (non-hydrogen) atoms. The molecule has 2 aromatic heterocycles. The Kier molecular flexibility index (Phi) is 6.38. The smallest absolute Gasteiger partial charge is 0.159 e. The maximum atomic E-state index is 7.02. The molecule has 0 amide bonds. The number of para-hydroxylation sites is 3. The third kappa shape index (κ3) is 4.28. The van der Waals surface area contributed by atoms with Gasteiger partial charge in [-0.1, -0.05) is 140 Å². The molecule has 250 valence electrons. The Morgan fingerprint density at radius 2 is 0.925 bits per heavy atom. The van der Waals surface area contributed by atoms with Crippen LogP contribution in [0.2, 0.25) is 0 Å². The molecule has 0 saturated heterocycles. The van der Waals surface area contributed by atoms with Gasteiger partial charge in [0.15, 0.2) is 5.58 Å². The number of rotatable bonds is 5. The molecule has 3 heteroatoms. The maximum absolute atomic E-state index is 7.02. The maximum Gasteiger partial charge on any atom is 0.159 e. The average molecular weight is 680 g/mol. The monoisotopic (exact) mass is 679 g/mol. The van der Waals surface area contributed by atoms with Gasteiger partial charge in [0, 0.05) is 38.2 Å². The fraction of sp³-hybridized carbons (Fsp3) is 0.0400. The van der Waals surface area contributed by atoms with E-state index < -0.39 is 5.41 Å². The quantitative estimate of drug-likeness (QED) is 0.181. The van der Waals surface area contributed by atoms with Crippen molar-refractivity contribution in [3.63, 3.8) is 0 Å². The molecule has 0 saturated carbocycles. The molecule has 0 bridgehead atoms. The second kappa shape index (κ2) is 11.3. The Hall–Kier alpha value is -6.84. The van der Waals surface area contributed by atoms with Gasteiger partial charge in [0.25, 0.3) is 0 Å². The van der Waals surface area contributed by atoms with Crippen LogP contribution in [0.4, 0.5) is 17.1 Å². The van der Waals surface area contributed by atoms with E-state index in [-0.39, 0.29) is 0 Å². The fourth-order valence-corrected chi connectivity index (χ4v) is 8.92. The first kappa shape index (κ1) is 29.8. The van der Waals surface area contributed by atoms with E-state index in [0.717, 1.165) is 72.1 Å². The molecule has 10 aromatic rings. The average Bonchev–Trinajstić information content (AvgIpc) is 3.88. The van der Waals surface area contributed by atoms with Gasteiger partial charge in [0.2, 0.25) is 0 Å². The lowest BCUT2D eigenvalue weighted by Crippen LogP contribution is -2.26. The molecular weight excluding hydrogens is 647 g/mol. The van der Waals surface area contributed by atoms with Gasteiger partial charge in [-0.3, -0.25) is 0 Å². The molecule has 0 fully saturated rings. The van der Waals surface area contributed by atoms with Crippen LogP contribution in [0.25, 0.3) is 66.1 Å². The molecule has 0 unspecified atom stereocenters. The van der Waals surface area contributed by atoms with Gasteiger partial charge >= 0.3 is 0 Å². The number of nitrogens with zero attached hydrogens (tertiary/aromatic N) is 1. The Bertz CT molecular complexity index is 2980. The van der Waals surface area contributed by atoms with Crippen LogP contribution in [0.15, 0.2) is 191 Å². The highest BCUT2D eigenvalue weighted by Crippen LogP contribution is 2.58. The largest absolute Gasteiger partial charge is 0.456 e. The standard InChI is InChI=1S/C50H33NO2/c1-50(41-21-9-5-16-35(41)36-17-6-10-22-42(36)50)47-43(31-30-40-38-19-8-12-25-46(38)53-49(40)47)51(34-28-26-33(27-29-34)32-14-3-2-4-15-32)44-23-13-20-39-37-18-7-11-24-45(37)52-48(39)44/h2-31H,1H3. The van der Waals surface area contributed by atoms with Crippen molar-refractivity contribution in [3.8, 4) is 22.3 Å². The van der Waals surface area contributed by atoms with Gasteiger partial charge in [-0.2, -0.15) is 0 Å². The zero-order valence-electron chi connectivity index (χ0n) is 29.1. The van der Waals surface area contributed by atoms with Crippen molar-refractivity contribution in [2.45, 2.75) is 12.3 Å². The van der Waals surface area contributed by atoms with E-state index in [1.165, 1.54) is 27.8 Å². The molecule has 0 spiro atoms. The summed E-state index contributed by atoms with van der Waals surface area (Å²) in [5.74, 6) is 0. The number of benzene rings is 8. The predicted molar refractivity (Wildman–Crippen MR) is 219 cm³/mol. The van der Waals surface area contributed by atoms with E-state index >= 15 is 0 Å². The summed E-state index contributed by atoms with van der Waals surface area (Å²) in [4.78, 5) is 2.39. The van der Waals surface area contributed by atoms with Crippen molar-refractivity contribution in [2.24, 2.45) is 0 Å². The highest BCUT2D eigenvalue weighted by molar-refractivity contribution is 6.12. The second-order valence-electron chi connectivity index (χ2n) is 14.2. The Balaban J connectivity index is 1.27. The SMILES string of the molecule is CC1(c2c(N(c3ccc(-c4ccccc4)cc3)c3cccc4c3oc3ccccc34)ccc3c2oc2ccccc23)c2ccccc2-c2ccccc21. The predicted octanol–water partition coefficient (Wildman–Crippen LogP) is 14.0. The van der Waals surface area contributed by atoms with Gasteiger partial charge in [-0.25, -0.2) is 0 Å². The van der Waals surface area contributed by atoms with Crippen LogP contribution in [0.3, 0.4) is 0 Å². The number of anilines is 3. The fourth-order valence-electron chi connectivity index (χ4n) is 8.92. The summed E-state index contributed by atoms with van der Waals surface area (Å²) < 4.78 is 13.8. The molecule has 0 radical (unpaired) electrons. The lowest BCUT2D eigenvalue weighted by molar-refractivity contribution is 0.637. The minimum absolute atomic E-state index is 0.556. The van der Waals surface area contributed by atoms with Gasteiger partial charge in [0.05, 0.1) is 11.4 Å². The zero-order chi connectivity index (χ0) is 35.1. The van der Waals surface area contributed by atoms with E-state index in [9.17, 15) is 0 Å². The van der Waals surface area contributed by atoms with Crippen molar-refractivity contribution < 1.29 is 8.83 Å². The highest BCUT2D eigenvalue weighted by atomic mass is 16.3. The summed E-state index contributed by atoms with van der Waals surface area (Å²) >= 11 is 0. The van der Waals surface area contributed by atoms with E-state index in [1.54, 1.807) is 0 Å². The molecule has 3 nitrogen and oxygen atoms in total. The second-order valence-corrected chi connectivity index (χ2v) is 14.2. The summed E-state index contributed by atoms with van der Waals surface area (Å²) in [7, 11) is 0. The first-order valence-electron chi connectivity index (χ1n) is 18.2. The molecule has 8 aromatic carbocycles. The number of hydrogen-bond donors (Lipinski definition) is 0. The molecule has 2 heterocycles. The van der Waals surface area contributed by atoms with Crippen LogP contribution in [-0.4, -0.2) is 0 Å². The Labute approximate surface area is 307 Å². The summed E-state index contributed by atoms with van der Waals surface area (Å²) in [6.45, 7) is 2.38. The molecule has 0 atom stereocenters. The van der Waals surface area contributed by atoms with Crippen LogP contribution in [0, 0.1) is 0 Å². The molecular formula is C50H33NO2. The van der Waals surface area contributed by atoms with E-state index in [0.29, 0.717) is 0 Å². The first-order chi connectivity index (χ1) is 26.2. The molecule has 1 aliphatic carbocycles. The van der Waals surface area contributed by atoms with Gasteiger partial charge in [-0.05, 0) is 82.8 Å². The number of furan rings is 2. The van der Waals surface area contributed by atoms with Crippen LogP contribution < -0.4 is 4.90 Å². The van der Waals surface area contributed by atoms with Crippen molar-refractivity contribution >= 4 is 60.9 Å². The summed E-state index contributed by atoms with van der Waals surface area (Å²) in [5, 5.41) is 4.39.